The van der Waals surface area contributed by atoms with E-state index in [-0.39, 0.29) is 17.5 Å². The van der Waals surface area contributed by atoms with E-state index in [2.05, 4.69) is 39.9 Å². The fraction of sp³-hybridized carbons (Fsp3) is 0.211. The number of thioether (sulfide) groups is 1. The van der Waals surface area contributed by atoms with E-state index in [4.69, 9.17) is 0 Å². The van der Waals surface area contributed by atoms with Crippen molar-refractivity contribution in [1.82, 2.24) is 15.5 Å². The summed E-state index contributed by atoms with van der Waals surface area (Å²) in [5.41, 5.74) is 3.09. The Morgan fingerprint density at radius 3 is 2.48 bits per heavy atom. The van der Waals surface area contributed by atoms with Gasteiger partial charge in [-0.25, -0.2) is 4.39 Å². The van der Waals surface area contributed by atoms with Crippen LogP contribution in [0.3, 0.4) is 0 Å². The molecule has 27 heavy (non-hydrogen) atoms. The van der Waals surface area contributed by atoms with Crippen LogP contribution in [0.2, 0.25) is 0 Å². The second-order valence-corrected chi connectivity index (χ2v) is 7.94. The van der Waals surface area contributed by atoms with Gasteiger partial charge in [-0.2, -0.15) is 0 Å². The Kier molecular flexibility index (Phi) is 6.78. The molecule has 0 saturated heterocycles. The maximum absolute atomic E-state index is 12.9. The number of hydrogen-bond donors (Lipinski definition) is 2. The number of anilines is 2. The number of aromatic nitrogens is 2. The molecule has 0 bridgehead atoms. The predicted octanol–water partition coefficient (Wildman–Crippen LogP) is 4.39. The number of carbonyl (C=O) groups excluding carboxylic acids is 1. The zero-order chi connectivity index (χ0) is 19.1. The van der Waals surface area contributed by atoms with E-state index < -0.39 is 0 Å². The van der Waals surface area contributed by atoms with E-state index in [1.807, 2.05) is 12.1 Å². The van der Waals surface area contributed by atoms with Crippen LogP contribution in [0.4, 0.5) is 15.2 Å². The van der Waals surface area contributed by atoms with Crippen LogP contribution in [0.25, 0.3) is 0 Å². The van der Waals surface area contributed by atoms with Crippen LogP contribution < -0.4 is 10.6 Å². The second-order valence-electron chi connectivity index (χ2n) is 5.74. The van der Waals surface area contributed by atoms with Gasteiger partial charge in [0.2, 0.25) is 11.0 Å². The van der Waals surface area contributed by atoms with Gasteiger partial charge < -0.3 is 10.6 Å². The lowest BCUT2D eigenvalue weighted by Gasteiger charge is -2.04. The first kappa shape index (κ1) is 19.3. The lowest BCUT2D eigenvalue weighted by atomic mass is 10.1. The van der Waals surface area contributed by atoms with Gasteiger partial charge in [-0.3, -0.25) is 4.79 Å². The third-order valence-electron chi connectivity index (χ3n) is 3.75. The molecule has 0 radical (unpaired) electrons. The van der Waals surface area contributed by atoms with Crippen molar-refractivity contribution in [2.75, 3.05) is 11.1 Å². The van der Waals surface area contributed by atoms with Crippen LogP contribution >= 0.6 is 23.1 Å². The van der Waals surface area contributed by atoms with Crippen molar-refractivity contribution < 1.29 is 9.18 Å². The maximum atomic E-state index is 12.9. The van der Waals surface area contributed by atoms with Gasteiger partial charge in [-0.1, -0.05) is 54.3 Å². The van der Waals surface area contributed by atoms with Crippen molar-refractivity contribution in [1.29, 1.82) is 0 Å². The van der Waals surface area contributed by atoms with Gasteiger partial charge in [0.1, 0.15) is 5.82 Å². The first-order valence-corrected chi connectivity index (χ1v) is 10.3. The van der Waals surface area contributed by atoms with Gasteiger partial charge in [-0.05, 0) is 41.8 Å². The van der Waals surface area contributed by atoms with E-state index >= 15 is 0 Å². The molecule has 5 nitrogen and oxygen atoms in total. The molecule has 2 aromatic carbocycles. The Labute approximate surface area is 165 Å². The molecule has 0 aliphatic heterocycles. The molecule has 0 spiro atoms. The molecule has 0 aliphatic carbocycles. The number of aryl methyl sites for hydroxylation is 1. The molecule has 0 unspecified atom stereocenters. The SMILES string of the molecule is CCc1ccc(Nc2nnc(SCC(=O)NCc3ccc(F)cc3)s2)cc1. The van der Waals surface area contributed by atoms with Crippen molar-refractivity contribution in [3.8, 4) is 0 Å². The van der Waals surface area contributed by atoms with E-state index in [9.17, 15) is 9.18 Å². The first-order valence-electron chi connectivity index (χ1n) is 8.46. The van der Waals surface area contributed by atoms with Crippen LogP contribution in [-0.4, -0.2) is 21.9 Å². The molecule has 0 fully saturated rings. The summed E-state index contributed by atoms with van der Waals surface area (Å²) >= 11 is 2.74. The number of amides is 1. The molecular weight excluding hydrogens is 383 g/mol. The summed E-state index contributed by atoms with van der Waals surface area (Å²) in [6.45, 7) is 2.49. The molecule has 1 aromatic heterocycles. The van der Waals surface area contributed by atoms with E-state index in [0.717, 1.165) is 22.0 Å². The monoisotopic (exact) mass is 402 g/mol. The lowest BCUT2D eigenvalue weighted by Crippen LogP contribution is -2.24. The van der Waals surface area contributed by atoms with E-state index in [1.54, 1.807) is 12.1 Å². The van der Waals surface area contributed by atoms with Gasteiger partial charge in [0, 0.05) is 12.2 Å². The standard InChI is InChI=1S/C19H19FN4OS2/c1-2-13-5-9-16(10-6-13)22-18-23-24-19(27-18)26-12-17(25)21-11-14-3-7-15(20)8-4-14/h3-10H,2,11-12H2,1H3,(H,21,25)(H,22,23). The predicted molar refractivity (Wildman–Crippen MR) is 108 cm³/mol. The van der Waals surface area contributed by atoms with Crippen molar-refractivity contribution in [2.45, 2.75) is 24.2 Å². The van der Waals surface area contributed by atoms with E-state index in [0.29, 0.717) is 11.7 Å². The third-order valence-corrected chi connectivity index (χ3v) is 5.72. The number of benzene rings is 2. The Morgan fingerprint density at radius 2 is 1.78 bits per heavy atom. The Hall–Kier alpha value is -2.45. The zero-order valence-electron chi connectivity index (χ0n) is 14.7. The average Bonchev–Trinajstić information content (AvgIpc) is 3.14. The Morgan fingerprint density at radius 1 is 1.07 bits per heavy atom. The number of nitrogens with zero attached hydrogens (tertiary/aromatic N) is 2. The van der Waals surface area contributed by atoms with Gasteiger partial charge in [0.05, 0.1) is 5.75 Å². The zero-order valence-corrected chi connectivity index (χ0v) is 16.4. The summed E-state index contributed by atoms with van der Waals surface area (Å²) < 4.78 is 13.6. The fourth-order valence-corrected chi connectivity index (χ4v) is 3.85. The Balaban J connectivity index is 1.44. The van der Waals surface area contributed by atoms with Gasteiger partial charge >= 0.3 is 0 Å². The molecule has 3 aromatic rings. The van der Waals surface area contributed by atoms with Crippen LogP contribution in [0.15, 0.2) is 52.9 Å². The average molecular weight is 403 g/mol. The highest BCUT2D eigenvalue weighted by atomic mass is 32.2. The molecule has 3 rings (SSSR count). The summed E-state index contributed by atoms with van der Waals surface area (Å²) in [6.07, 6.45) is 1.00. The van der Waals surface area contributed by atoms with Gasteiger partial charge in [-0.15, -0.1) is 10.2 Å². The molecule has 0 aliphatic rings. The van der Waals surface area contributed by atoms with Crippen molar-refractivity contribution in [3.63, 3.8) is 0 Å². The normalized spacial score (nSPS) is 10.6. The van der Waals surface area contributed by atoms with E-state index in [1.165, 1.54) is 40.8 Å². The topological polar surface area (TPSA) is 66.9 Å². The third kappa shape index (κ3) is 6.04. The summed E-state index contributed by atoms with van der Waals surface area (Å²) in [4.78, 5) is 11.9. The molecule has 1 amide bonds. The summed E-state index contributed by atoms with van der Waals surface area (Å²) in [5.74, 6) is -0.145. The molecule has 0 atom stereocenters. The van der Waals surface area contributed by atoms with Gasteiger partial charge in [0.25, 0.3) is 0 Å². The molecule has 0 saturated carbocycles. The highest BCUT2D eigenvalue weighted by Gasteiger charge is 2.08. The molecule has 140 valence electrons. The Bertz CT molecular complexity index is 881. The molecule has 1 heterocycles. The minimum atomic E-state index is -0.289. The highest BCUT2D eigenvalue weighted by Crippen LogP contribution is 2.27. The fourth-order valence-electron chi connectivity index (χ4n) is 2.25. The number of halogens is 1. The molecule has 2 N–H and O–H groups in total. The molecular formula is C19H19FN4OS2. The number of rotatable bonds is 8. The highest BCUT2D eigenvalue weighted by molar-refractivity contribution is 8.01. The van der Waals surface area contributed by atoms with Crippen LogP contribution in [0.1, 0.15) is 18.1 Å². The number of carbonyl (C=O) groups is 1. The minimum absolute atomic E-state index is 0.107. The van der Waals surface area contributed by atoms with Crippen LogP contribution in [0, 0.1) is 5.82 Å². The second kappa shape index (κ2) is 9.48. The molecule has 8 heteroatoms. The smallest absolute Gasteiger partial charge is 0.230 e. The summed E-state index contributed by atoms with van der Waals surface area (Å²) in [5, 5.41) is 14.9. The quantitative estimate of drug-likeness (QED) is 0.547. The summed E-state index contributed by atoms with van der Waals surface area (Å²) in [6, 6.07) is 14.2. The minimum Gasteiger partial charge on any atom is -0.351 e. The maximum Gasteiger partial charge on any atom is 0.230 e. The lowest BCUT2D eigenvalue weighted by molar-refractivity contribution is -0.118. The van der Waals surface area contributed by atoms with Crippen LogP contribution in [0.5, 0.6) is 0 Å². The number of hydrogen-bond acceptors (Lipinski definition) is 6. The van der Waals surface area contributed by atoms with Crippen LogP contribution in [-0.2, 0) is 17.8 Å². The largest absolute Gasteiger partial charge is 0.351 e. The first-order chi connectivity index (χ1) is 13.1. The van der Waals surface area contributed by atoms with Gasteiger partial charge in [0.15, 0.2) is 4.34 Å². The van der Waals surface area contributed by atoms with Crippen molar-refractivity contribution in [2.24, 2.45) is 0 Å². The van der Waals surface area contributed by atoms with Crippen molar-refractivity contribution >= 4 is 39.8 Å². The summed E-state index contributed by atoms with van der Waals surface area (Å²) in [7, 11) is 0. The van der Waals surface area contributed by atoms with Crippen molar-refractivity contribution in [3.05, 3.63) is 65.5 Å². The number of nitrogens with one attached hydrogen (secondary N) is 2.